The van der Waals surface area contributed by atoms with Gasteiger partial charge in [0.05, 0.1) is 0 Å². The quantitative estimate of drug-likeness (QED) is 0.783. The third-order valence-corrected chi connectivity index (χ3v) is 3.21. The Morgan fingerprint density at radius 3 is 2.84 bits per heavy atom. The van der Waals surface area contributed by atoms with Crippen molar-refractivity contribution in [3.05, 3.63) is 29.8 Å². The number of urea groups is 1. The fourth-order valence-electron chi connectivity index (χ4n) is 2.36. The summed E-state index contributed by atoms with van der Waals surface area (Å²) in [4.78, 5) is 11.6. The first-order chi connectivity index (χ1) is 8.96. The lowest BCUT2D eigenvalue weighted by Crippen LogP contribution is -2.46. The maximum atomic E-state index is 11.6. The van der Waals surface area contributed by atoms with Gasteiger partial charge in [-0.25, -0.2) is 4.79 Å². The molecule has 19 heavy (non-hydrogen) atoms. The molecule has 1 aromatic carbocycles. The van der Waals surface area contributed by atoms with Gasteiger partial charge in [0.15, 0.2) is 0 Å². The van der Waals surface area contributed by atoms with Crippen molar-refractivity contribution in [2.24, 2.45) is 0 Å². The summed E-state index contributed by atoms with van der Waals surface area (Å²) in [5.74, 6) is 0.492. The Bertz CT molecular complexity index is 451. The fraction of sp³-hybridized carbons (Fsp3) is 0.533. The standard InChI is InChI=1S/C15H23N3O/c1-15(2,3)18-14(19)16-9-8-11-10-17-13-7-5-4-6-12(11)13/h4-7,11,17H,8-10H2,1-3H3,(H2,16,18,19). The van der Waals surface area contributed by atoms with Gasteiger partial charge >= 0.3 is 6.03 Å². The van der Waals surface area contributed by atoms with Crippen LogP contribution in [0.15, 0.2) is 24.3 Å². The lowest BCUT2D eigenvalue weighted by molar-refractivity contribution is 0.231. The van der Waals surface area contributed by atoms with Gasteiger partial charge in [-0.2, -0.15) is 0 Å². The average molecular weight is 261 g/mol. The lowest BCUT2D eigenvalue weighted by Gasteiger charge is -2.21. The van der Waals surface area contributed by atoms with E-state index in [-0.39, 0.29) is 11.6 Å². The van der Waals surface area contributed by atoms with Crippen molar-refractivity contribution in [2.45, 2.75) is 38.6 Å². The number of hydrogen-bond donors (Lipinski definition) is 3. The number of fused-ring (bicyclic) bond motifs is 1. The van der Waals surface area contributed by atoms with Crippen LogP contribution in [0.5, 0.6) is 0 Å². The number of nitrogens with one attached hydrogen (secondary N) is 3. The number of para-hydroxylation sites is 1. The summed E-state index contributed by atoms with van der Waals surface area (Å²) in [7, 11) is 0. The maximum absolute atomic E-state index is 11.6. The first kappa shape index (κ1) is 13.7. The first-order valence-corrected chi connectivity index (χ1v) is 6.84. The molecular formula is C15H23N3O. The second kappa shape index (κ2) is 5.51. The molecule has 3 N–H and O–H groups in total. The van der Waals surface area contributed by atoms with Crippen molar-refractivity contribution in [3.63, 3.8) is 0 Å². The van der Waals surface area contributed by atoms with Crippen LogP contribution in [-0.4, -0.2) is 24.7 Å². The SMILES string of the molecule is CC(C)(C)NC(=O)NCCC1CNc2ccccc21. The summed E-state index contributed by atoms with van der Waals surface area (Å²) in [6.07, 6.45) is 0.960. The van der Waals surface area contributed by atoms with Crippen molar-refractivity contribution in [2.75, 3.05) is 18.4 Å². The van der Waals surface area contributed by atoms with E-state index in [4.69, 9.17) is 0 Å². The van der Waals surface area contributed by atoms with Crippen LogP contribution in [0, 0.1) is 0 Å². The smallest absolute Gasteiger partial charge is 0.315 e. The number of carbonyl (C=O) groups excluding carboxylic acids is 1. The highest BCUT2D eigenvalue weighted by Crippen LogP contribution is 2.32. The van der Waals surface area contributed by atoms with Crippen molar-refractivity contribution in [1.29, 1.82) is 0 Å². The minimum absolute atomic E-state index is 0.0910. The first-order valence-electron chi connectivity index (χ1n) is 6.84. The minimum atomic E-state index is -0.189. The fourth-order valence-corrected chi connectivity index (χ4v) is 2.36. The van der Waals surface area contributed by atoms with E-state index in [0.29, 0.717) is 12.5 Å². The van der Waals surface area contributed by atoms with Crippen LogP contribution in [0.2, 0.25) is 0 Å². The Kier molecular flexibility index (Phi) is 3.98. The molecule has 1 aliphatic rings. The molecule has 4 heteroatoms. The van der Waals surface area contributed by atoms with E-state index in [9.17, 15) is 4.79 Å². The van der Waals surface area contributed by atoms with E-state index in [1.807, 2.05) is 26.8 Å². The predicted octanol–water partition coefficient (Wildman–Crippen LogP) is 2.68. The zero-order valence-electron chi connectivity index (χ0n) is 11.9. The molecule has 0 radical (unpaired) electrons. The molecule has 0 aliphatic carbocycles. The van der Waals surface area contributed by atoms with Crippen LogP contribution in [0.25, 0.3) is 0 Å². The van der Waals surface area contributed by atoms with Gasteiger partial charge in [0, 0.05) is 30.2 Å². The highest BCUT2D eigenvalue weighted by atomic mass is 16.2. The highest BCUT2D eigenvalue weighted by molar-refractivity contribution is 5.74. The van der Waals surface area contributed by atoms with Crippen LogP contribution in [0.1, 0.15) is 38.7 Å². The molecule has 1 unspecified atom stereocenters. The van der Waals surface area contributed by atoms with Crippen LogP contribution in [0.3, 0.4) is 0 Å². The number of benzene rings is 1. The van der Waals surface area contributed by atoms with E-state index >= 15 is 0 Å². The average Bonchev–Trinajstić information content (AvgIpc) is 2.70. The van der Waals surface area contributed by atoms with E-state index in [0.717, 1.165) is 13.0 Å². The Morgan fingerprint density at radius 2 is 2.11 bits per heavy atom. The molecule has 0 saturated heterocycles. The third kappa shape index (κ3) is 3.88. The Hall–Kier alpha value is -1.71. The molecule has 4 nitrogen and oxygen atoms in total. The van der Waals surface area contributed by atoms with Gasteiger partial charge in [0.25, 0.3) is 0 Å². The van der Waals surface area contributed by atoms with Gasteiger partial charge in [0.1, 0.15) is 0 Å². The molecule has 0 fully saturated rings. The van der Waals surface area contributed by atoms with Crippen LogP contribution >= 0.6 is 0 Å². The van der Waals surface area contributed by atoms with Crippen molar-refractivity contribution < 1.29 is 4.79 Å². The van der Waals surface area contributed by atoms with Crippen LogP contribution in [-0.2, 0) is 0 Å². The predicted molar refractivity (Wildman–Crippen MR) is 78.6 cm³/mol. The largest absolute Gasteiger partial charge is 0.384 e. The van der Waals surface area contributed by atoms with Crippen molar-refractivity contribution in [1.82, 2.24) is 10.6 Å². The Morgan fingerprint density at radius 1 is 1.37 bits per heavy atom. The van der Waals surface area contributed by atoms with E-state index < -0.39 is 0 Å². The minimum Gasteiger partial charge on any atom is -0.384 e. The second-order valence-corrected chi connectivity index (χ2v) is 6.08. The highest BCUT2D eigenvalue weighted by Gasteiger charge is 2.21. The van der Waals surface area contributed by atoms with E-state index in [1.165, 1.54) is 11.3 Å². The van der Waals surface area contributed by atoms with Crippen molar-refractivity contribution >= 4 is 11.7 Å². The molecule has 2 amide bonds. The molecule has 0 aromatic heterocycles. The number of hydrogen-bond acceptors (Lipinski definition) is 2. The molecule has 0 bridgehead atoms. The molecule has 104 valence electrons. The second-order valence-electron chi connectivity index (χ2n) is 6.08. The molecule has 1 heterocycles. The Labute approximate surface area is 115 Å². The zero-order chi connectivity index (χ0) is 13.9. The van der Waals surface area contributed by atoms with Gasteiger partial charge in [-0.15, -0.1) is 0 Å². The molecule has 2 rings (SSSR count). The maximum Gasteiger partial charge on any atom is 0.315 e. The molecular weight excluding hydrogens is 238 g/mol. The number of anilines is 1. The molecule has 0 spiro atoms. The normalized spacial score (nSPS) is 17.5. The summed E-state index contributed by atoms with van der Waals surface area (Å²) in [6.45, 7) is 7.58. The van der Waals surface area contributed by atoms with Gasteiger partial charge in [-0.05, 0) is 38.8 Å². The summed E-state index contributed by atoms with van der Waals surface area (Å²) in [5.41, 5.74) is 2.40. The van der Waals surface area contributed by atoms with Gasteiger partial charge < -0.3 is 16.0 Å². The monoisotopic (exact) mass is 261 g/mol. The van der Waals surface area contributed by atoms with Gasteiger partial charge in [0.2, 0.25) is 0 Å². The molecule has 1 atom stereocenters. The molecule has 1 aromatic rings. The molecule has 1 aliphatic heterocycles. The summed E-state index contributed by atoms with van der Waals surface area (Å²) < 4.78 is 0. The third-order valence-electron chi connectivity index (χ3n) is 3.21. The van der Waals surface area contributed by atoms with Crippen LogP contribution < -0.4 is 16.0 Å². The van der Waals surface area contributed by atoms with Gasteiger partial charge in [-0.3, -0.25) is 0 Å². The topological polar surface area (TPSA) is 53.2 Å². The number of amides is 2. The van der Waals surface area contributed by atoms with Crippen molar-refractivity contribution in [3.8, 4) is 0 Å². The Balaban J connectivity index is 1.77. The summed E-state index contributed by atoms with van der Waals surface area (Å²) in [6, 6.07) is 8.29. The van der Waals surface area contributed by atoms with Crippen LogP contribution in [0.4, 0.5) is 10.5 Å². The van der Waals surface area contributed by atoms with E-state index in [1.54, 1.807) is 0 Å². The summed E-state index contributed by atoms with van der Waals surface area (Å²) in [5, 5.41) is 9.22. The summed E-state index contributed by atoms with van der Waals surface area (Å²) >= 11 is 0. The zero-order valence-corrected chi connectivity index (χ0v) is 11.9. The lowest BCUT2D eigenvalue weighted by atomic mass is 9.98. The van der Waals surface area contributed by atoms with Gasteiger partial charge in [-0.1, -0.05) is 18.2 Å². The number of carbonyl (C=O) groups is 1. The van der Waals surface area contributed by atoms with E-state index in [2.05, 4.69) is 34.1 Å². The molecule has 0 saturated carbocycles. The number of rotatable bonds is 3.